The number of hydrogen-bond donors (Lipinski definition) is 4. The second-order valence-corrected chi connectivity index (χ2v) is 3.12. The van der Waals surface area contributed by atoms with Gasteiger partial charge in [-0.2, -0.15) is 0 Å². The van der Waals surface area contributed by atoms with Crippen molar-refractivity contribution >= 4 is 0 Å². The number of aliphatic hydroxyl groups excluding tert-OH is 3. The molecule has 0 aromatic carbocycles. The van der Waals surface area contributed by atoms with Crippen LogP contribution in [0.15, 0.2) is 0 Å². The lowest BCUT2D eigenvalue weighted by molar-refractivity contribution is -0.182. The zero-order valence-corrected chi connectivity index (χ0v) is 6.92. The molecule has 0 spiro atoms. The van der Waals surface area contributed by atoms with E-state index >= 15 is 0 Å². The van der Waals surface area contributed by atoms with Gasteiger partial charge in [-0.1, -0.05) is 0 Å². The van der Waals surface area contributed by atoms with E-state index in [-0.39, 0.29) is 6.61 Å². The molecule has 0 aromatic rings. The smallest absolute Gasteiger partial charge is 0.108 e. The minimum Gasteiger partial charge on any atom is -0.394 e. The molecule has 0 aromatic heterocycles. The van der Waals surface area contributed by atoms with E-state index in [0.717, 1.165) is 0 Å². The number of ether oxygens (including phenoxy) is 1. The van der Waals surface area contributed by atoms with Gasteiger partial charge in [-0.3, -0.25) is 0 Å². The first-order valence-corrected chi connectivity index (χ1v) is 3.96. The first-order chi connectivity index (χ1) is 5.57. The van der Waals surface area contributed by atoms with Gasteiger partial charge in [0.25, 0.3) is 0 Å². The Morgan fingerprint density at radius 1 is 1.33 bits per heavy atom. The van der Waals surface area contributed by atoms with Gasteiger partial charge < -0.3 is 25.8 Å². The lowest BCUT2D eigenvalue weighted by Gasteiger charge is -2.39. The molecule has 0 saturated carbocycles. The van der Waals surface area contributed by atoms with Crippen molar-refractivity contribution in [3.05, 3.63) is 0 Å². The predicted octanol–water partition coefficient (Wildman–Crippen LogP) is -2.18. The van der Waals surface area contributed by atoms with Crippen molar-refractivity contribution in [2.45, 2.75) is 37.4 Å². The fourth-order valence-electron chi connectivity index (χ4n) is 1.35. The van der Waals surface area contributed by atoms with Crippen molar-refractivity contribution in [3.63, 3.8) is 0 Å². The number of nitrogens with two attached hydrogens (primary N) is 1. The molecule has 5 atom stereocenters. The van der Waals surface area contributed by atoms with Crippen LogP contribution < -0.4 is 5.73 Å². The summed E-state index contributed by atoms with van der Waals surface area (Å²) in [5.74, 6) is 0. The highest BCUT2D eigenvalue weighted by Gasteiger charge is 2.39. The number of hydrogen-bond acceptors (Lipinski definition) is 5. The van der Waals surface area contributed by atoms with E-state index in [2.05, 4.69) is 0 Å². The van der Waals surface area contributed by atoms with Crippen LogP contribution in [0.5, 0.6) is 0 Å². The summed E-state index contributed by atoms with van der Waals surface area (Å²) in [4.78, 5) is 0. The Morgan fingerprint density at radius 3 is 2.42 bits per heavy atom. The highest BCUT2D eigenvalue weighted by molar-refractivity contribution is 4.92. The minimum absolute atomic E-state index is 0.286. The van der Waals surface area contributed by atoms with Gasteiger partial charge in [-0.25, -0.2) is 0 Å². The molecule has 5 heteroatoms. The van der Waals surface area contributed by atoms with E-state index in [9.17, 15) is 10.2 Å². The van der Waals surface area contributed by atoms with E-state index in [1.54, 1.807) is 6.92 Å². The summed E-state index contributed by atoms with van der Waals surface area (Å²) in [5, 5.41) is 27.5. The summed E-state index contributed by atoms with van der Waals surface area (Å²) in [7, 11) is 0. The van der Waals surface area contributed by atoms with Crippen molar-refractivity contribution in [1.29, 1.82) is 0 Å². The third kappa shape index (κ3) is 1.60. The van der Waals surface area contributed by atoms with E-state index < -0.39 is 30.5 Å². The van der Waals surface area contributed by atoms with Crippen molar-refractivity contribution in [2.75, 3.05) is 6.61 Å². The maximum atomic E-state index is 9.36. The zero-order chi connectivity index (χ0) is 9.30. The van der Waals surface area contributed by atoms with E-state index in [4.69, 9.17) is 15.6 Å². The molecular weight excluding hydrogens is 162 g/mol. The standard InChI is InChI=1S/C7H15NO4/c1-3-6(10)5(8)7(11)4(2-9)12-3/h3-7,9-11H,2,8H2,1H3/t3?,4-,5?,6+,7-/m1/s1. The molecule has 2 unspecified atom stereocenters. The second-order valence-electron chi connectivity index (χ2n) is 3.12. The lowest BCUT2D eigenvalue weighted by Crippen LogP contribution is -2.61. The molecule has 0 radical (unpaired) electrons. The molecule has 0 aliphatic carbocycles. The first-order valence-electron chi connectivity index (χ1n) is 3.96. The quantitative estimate of drug-likeness (QED) is 0.365. The molecule has 1 fully saturated rings. The lowest BCUT2D eigenvalue weighted by atomic mass is 9.94. The van der Waals surface area contributed by atoms with Crippen LogP contribution in [0.2, 0.25) is 0 Å². The van der Waals surface area contributed by atoms with Crippen LogP contribution in [0.3, 0.4) is 0 Å². The third-order valence-electron chi connectivity index (χ3n) is 2.22. The van der Waals surface area contributed by atoms with Gasteiger partial charge in [0, 0.05) is 0 Å². The van der Waals surface area contributed by atoms with Gasteiger partial charge in [0.1, 0.15) is 12.2 Å². The van der Waals surface area contributed by atoms with Gasteiger partial charge in [0.05, 0.1) is 24.9 Å². The molecule has 0 bridgehead atoms. The van der Waals surface area contributed by atoms with E-state index in [0.29, 0.717) is 0 Å². The molecule has 5 nitrogen and oxygen atoms in total. The largest absolute Gasteiger partial charge is 0.394 e. The molecule has 72 valence electrons. The Hall–Kier alpha value is -0.200. The monoisotopic (exact) mass is 177 g/mol. The summed E-state index contributed by atoms with van der Waals surface area (Å²) in [6, 6.07) is -0.745. The Bertz CT molecular complexity index is 150. The van der Waals surface area contributed by atoms with Crippen molar-refractivity contribution in [3.8, 4) is 0 Å². The molecule has 1 rings (SSSR count). The molecular formula is C7H15NO4. The van der Waals surface area contributed by atoms with Crippen LogP contribution in [-0.2, 0) is 4.74 Å². The minimum atomic E-state index is -0.999. The Balaban J connectivity index is 2.63. The first kappa shape index (κ1) is 9.88. The summed E-state index contributed by atoms with van der Waals surface area (Å²) in [5.41, 5.74) is 5.49. The maximum absolute atomic E-state index is 9.36. The topological polar surface area (TPSA) is 95.9 Å². The summed E-state index contributed by atoms with van der Waals surface area (Å²) >= 11 is 0. The van der Waals surface area contributed by atoms with Crippen LogP contribution in [0, 0.1) is 0 Å². The number of rotatable bonds is 1. The van der Waals surface area contributed by atoms with Crippen LogP contribution in [0.1, 0.15) is 6.92 Å². The van der Waals surface area contributed by atoms with Crippen molar-refractivity contribution in [2.24, 2.45) is 5.73 Å². The highest BCUT2D eigenvalue weighted by Crippen LogP contribution is 2.18. The Kier molecular flexibility index (Phi) is 3.03. The van der Waals surface area contributed by atoms with E-state index in [1.165, 1.54) is 0 Å². The van der Waals surface area contributed by atoms with Crippen LogP contribution >= 0.6 is 0 Å². The Labute approximate surface area is 70.8 Å². The molecule has 1 heterocycles. The second kappa shape index (κ2) is 3.68. The molecule has 12 heavy (non-hydrogen) atoms. The van der Waals surface area contributed by atoms with Crippen molar-refractivity contribution < 1.29 is 20.1 Å². The molecule has 1 aliphatic rings. The summed E-state index contributed by atoms with van der Waals surface area (Å²) in [6.07, 6.45) is -3.00. The zero-order valence-electron chi connectivity index (χ0n) is 6.92. The fourth-order valence-corrected chi connectivity index (χ4v) is 1.35. The van der Waals surface area contributed by atoms with Crippen LogP contribution in [0.25, 0.3) is 0 Å². The average Bonchev–Trinajstić information content (AvgIpc) is 2.08. The van der Waals surface area contributed by atoms with Gasteiger partial charge in [0.15, 0.2) is 0 Å². The molecule has 0 amide bonds. The van der Waals surface area contributed by atoms with Gasteiger partial charge in [-0.15, -0.1) is 0 Å². The summed E-state index contributed by atoms with van der Waals surface area (Å²) < 4.78 is 5.10. The summed E-state index contributed by atoms with van der Waals surface area (Å²) in [6.45, 7) is 1.37. The highest BCUT2D eigenvalue weighted by atomic mass is 16.5. The molecule has 1 saturated heterocycles. The number of aliphatic hydroxyl groups is 3. The fraction of sp³-hybridized carbons (Fsp3) is 1.00. The van der Waals surface area contributed by atoms with Crippen molar-refractivity contribution in [1.82, 2.24) is 0 Å². The maximum Gasteiger partial charge on any atom is 0.108 e. The normalized spacial score (nSPS) is 49.2. The Morgan fingerprint density at radius 2 is 1.92 bits per heavy atom. The van der Waals surface area contributed by atoms with Crippen LogP contribution in [0.4, 0.5) is 0 Å². The molecule has 1 aliphatic heterocycles. The van der Waals surface area contributed by atoms with E-state index in [1.807, 2.05) is 0 Å². The van der Waals surface area contributed by atoms with Crippen LogP contribution in [-0.4, -0.2) is 52.4 Å². The van der Waals surface area contributed by atoms with Gasteiger partial charge in [-0.05, 0) is 6.92 Å². The average molecular weight is 177 g/mol. The third-order valence-corrected chi connectivity index (χ3v) is 2.22. The van der Waals surface area contributed by atoms with Gasteiger partial charge in [0.2, 0.25) is 0 Å². The molecule has 5 N–H and O–H groups in total. The SMILES string of the molecule is CC1O[C@H](CO)[C@@H](O)C(N)[C@H]1O. The van der Waals surface area contributed by atoms with Gasteiger partial charge >= 0.3 is 0 Å². The predicted molar refractivity (Wildman–Crippen MR) is 41.4 cm³/mol.